The number of hydrogen-bond acceptors (Lipinski definition) is 6. The fraction of sp³-hybridized carbons (Fsp3) is 0.0800. The van der Waals surface area contributed by atoms with Crippen molar-refractivity contribution in [2.75, 3.05) is 7.11 Å². The highest BCUT2D eigenvalue weighted by molar-refractivity contribution is 7.15. The highest BCUT2D eigenvalue weighted by Gasteiger charge is 2.38. The number of aromatic hydroxyl groups is 1. The number of para-hydroxylation sites is 2. The molecule has 0 amide bonds. The highest BCUT2D eigenvalue weighted by atomic mass is 32.1. The first-order chi connectivity index (χ1) is 15.7. The predicted octanol–water partition coefficient (Wildman–Crippen LogP) is 3.37. The summed E-state index contributed by atoms with van der Waals surface area (Å²) in [5.41, 5.74) is 2.99. The molecule has 33 heavy (non-hydrogen) atoms. The van der Waals surface area contributed by atoms with E-state index >= 15 is 0 Å². The Morgan fingerprint density at radius 1 is 1.03 bits per heavy atom. The Balaban J connectivity index is 0.00000228. The first-order valence-corrected chi connectivity index (χ1v) is 11.0. The zero-order valence-electron chi connectivity index (χ0n) is 17.5. The van der Waals surface area contributed by atoms with E-state index in [1.165, 1.54) is 0 Å². The number of nitrogens with zero attached hydrogens (tertiary/aromatic N) is 2. The van der Waals surface area contributed by atoms with Crippen LogP contribution in [0.2, 0.25) is 0 Å². The van der Waals surface area contributed by atoms with E-state index in [9.17, 15) is 9.90 Å². The van der Waals surface area contributed by atoms with Gasteiger partial charge in [-0.3, -0.25) is 4.79 Å². The van der Waals surface area contributed by atoms with Crippen molar-refractivity contribution in [3.63, 3.8) is 0 Å². The van der Waals surface area contributed by atoms with E-state index in [1.54, 1.807) is 30.6 Å². The molecule has 164 valence electrons. The molecule has 0 bridgehead atoms. The number of rotatable bonds is 3. The normalized spacial score (nSPS) is 14.7. The Bertz CT molecular complexity index is 1700. The van der Waals surface area contributed by atoms with Crippen LogP contribution in [0, 0.1) is 5.71 Å². The van der Waals surface area contributed by atoms with E-state index < -0.39 is 6.04 Å². The lowest BCUT2D eigenvalue weighted by atomic mass is 9.96. The molecule has 0 spiro atoms. The summed E-state index contributed by atoms with van der Waals surface area (Å²) >= 11 is 1.56. The van der Waals surface area contributed by atoms with Crippen LogP contribution < -0.4 is 19.3 Å². The highest BCUT2D eigenvalue weighted by Crippen LogP contribution is 2.35. The van der Waals surface area contributed by atoms with Crippen LogP contribution in [-0.4, -0.2) is 22.7 Å². The molecule has 0 saturated carbocycles. The summed E-state index contributed by atoms with van der Waals surface area (Å²) in [6, 6.07) is 22.4. The van der Waals surface area contributed by atoms with E-state index in [0.29, 0.717) is 16.6 Å². The number of aromatic nitrogens is 2. The minimum Gasteiger partial charge on any atom is -0.870 e. The van der Waals surface area contributed by atoms with Crippen LogP contribution >= 0.6 is 11.3 Å². The summed E-state index contributed by atoms with van der Waals surface area (Å²) in [5, 5.41) is 11.9. The molecule has 0 radical (unpaired) electrons. The van der Waals surface area contributed by atoms with Gasteiger partial charge >= 0.3 is 4.80 Å². The van der Waals surface area contributed by atoms with Gasteiger partial charge in [-0.25, -0.2) is 0 Å². The van der Waals surface area contributed by atoms with Gasteiger partial charge in [-0.05, 0) is 47.7 Å². The molecule has 1 aliphatic rings. The number of aromatic amines is 1. The van der Waals surface area contributed by atoms with Gasteiger partial charge in [-0.1, -0.05) is 41.4 Å². The number of methoxy groups -OCH3 is 1. The summed E-state index contributed by atoms with van der Waals surface area (Å²) in [6.45, 7) is 0. The fourth-order valence-electron chi connectivity index (χ4n) is 4.32. The van der Waals surface area contributed by atoms with Gasteiger partial charge in [0, 0.05) is 10.9 Å². The minimum absolute atomic E-state index is 0. The van der Waals surface area contributed by atoms with Crippen LogP contribution in [0.15, 0.2) is 82.6 Å². The molecule has 1 unspecified atom stereocenters. The predicted molar refractivity (Wildman–Crippen MR) is 125 cm³/mol. The van der Waals surface area contributed by atoms with E-state index in [2.05, 4.69) is 4.98 Å². The average molecular weight is 458 g/mol. The van der Waals surface area contributed by atoms with Gasteiger partial charge in [-0.2, -0.15) is 4.24 Å². The van der Waals surface area contributed by atoms with Crippen LogP contribution in [0.4, 0.5) is 0 Å². The number of ether oxygens (including phenoxy) is 1. The molecule has 2 aromatic heterocycles. The van der Waals surface area contributed by atoms with Gasteiger partial charge in [0.25, 0.3) is 5.56 Å². The topological polar surface area (TPSA) is 111 Å². The van der Waals surface area contributed by atoms with Crippen LogP contribution in [0.5, 0.6) is 11.5 Å². The largest absolute Gasteiger partial charge is 0.870 e. The number of H-pyrrole nitrogens is 1. The molecule has 3 aromatic carbocycles. The Morgan fingerprint density at radius 3 is 2.55 bits per heavy atom. The van der Waals surface area contributed by atoms with Crippen molar-refractivity contribution < 1.29 is 19.6 Å². The lowest BCUT2D eigenvalue weighted by Gasteiger charge is -2.10. The molecule has 6 rings (SSSR count). The van der Waals surface area contributed by atoms with E-state index in [-0.39, 0.29) is 22.3 Å². The molecule has 1 aliphatic heterocycles. The molecule has 0 saturated heterocycles. The summed E-state index contributed by atoms with van der Waals surface area (Å²) in [6.07, 6.45) is 0. The Kier molecular flexibility index (Phi) is 4.96. The van der Waals surface area contributed by atoms with Crippen molar-refractivity contribution in [3.8, 4) is 11.5 Å². The van der Waals surface area contributed by atoms with Gasteiger partial charge in [0.15, 0.2) is 11.2 Å². The molecule has 8 heteroatoms. The minimum atomic E-state index is -0.440. The molecular weight excluding hydrogens is 438 g/mol. The Labute approximate surface area is 191 Å². The SMILES string of the molecule is COc1ccc(C2N=c3sc4ccccc4[n+]3=C2c2c(O)c3ccccc3[nH]c2=O)cc1.[OH-]. The molecular formula is C25H19N3O4S. The number of nitrogens with one attached hydrogen (secondary N) is 1. The van der Waals surface area contributed by atoms with Crippen LogP contribution in [0.25, 0.3) is 21.1 Å². The van der Waals surface area contributed by atoms with Crippen molar-refractivity contribution in [1.29, 1.82) is 0 Å². The molecule has 1 atom stereocenters. The van der Waals surface area contributed by atoms with Gasteiger partial charge < -0.3 is 20.3 Å². The zero-order chi connectivity index (χ0) is 21.8. The summed E-state index contributed by atoms with van der Waals surface area (Å²) in [5.74, 6) is 0.705. The lowest BCUT2D eigenvalue weighted by Crippen LogP contribution is -2.35. The fourth-order valence-corrected chi connectivity index (χ4v) is 5.37. The van der Waals surface area contributed by atoms with Gasteiger partial charge in [0.2, 0.25) is 6.04 Å². The van der Waals surface area contributed by atoms with Crippen molar-refractivity contribution in [1.82, 2.24) is 4.98 Å². The maximum absolute atomic E-state index is 13.3. The van der Waals surface area contributed by atoms with Gasteiger partial charge in [0.05, 0.1) is 17.3 Å². The van der Waals surface area contributed by atoms with Gasteiger partial charge in [0.1, 0.15) is 17.1 Å². The van der Waals surface area contributed by atoms with Crippen molar-refractivity contribution >= 4 is 32.5 Å². The lowest BCUT2D eigenvalue weighted by molar-refractivity contribution is -0.498. The van der Waals surface area contributed by atoms with E-state index in [1.807, 2.05) is 64.9 Å². The molecule has 3 N–H and O–H groups in total. The third-order valence-electron chi connectivity index (χ3n) is 5.82. The average Bonchev–Trinajstić information content (AvgIpc) is 3.36. The smallest absolute Gasteiger partial charge is 0.384 e. The summed E-state index contributed by atoms with van der Waals surface area (Å²) in [4.78, 5) is 22.0. The molecule has 7 nitrogen and oxygen atoms in total. The second kappa shape index (κ2) is 7.84. The second-order valence-electron chi connectivity index (χ2n) is 7.60. The number of pyridine rings is 1. The molecule has 0 fully saturated rings. The number of hydrogen-bond donors (Lipinski definition) is 2. The number of fused-ring (bicyclic) bond motifs is 4. The second-order valence-corrected chi connectivity index (χ2v) is 8.61. The van der Waals surface area contributed by atoms with Gasteiger partial charge in [-0.15, -0.1) is 0 Å². The van der Waals surface area contributed by atoms with Crippen LogP contribution in [-0.2, 0) is 0 Å². The first-order valence-electron chi connectivity index (χ1n) is 10.2. The maximum Gasteiger partial charge on any atom is 0.384 e. The third kappa shape index (κ3) is 3.11. The number of benzene rings is 3. The molecule has 0 aliphatic carbocycles. The maximum atomic E-state index is 13.3. The van der Waals surface area contributed by atoms with Crippen molar-refractivity contribution in [2.45, 2.75) is 6.04 Å². The summed E-state index contributed by atoms with van der Waals surface area (Å²) in [7, 11) is 1.62. The molecule has 3 heterocycles. The monoisotopic (exact) mass is 457 g/mol. The standard InChI is InChI=1S/C25H17N3O3S.H2O/c1-31-15-12-10-14(11-13-15)21-22(28-18-8-4-5-9-19(18)32-25(28)27-21)20-23(29)16-6-2-3-7-17(16)26-24(20)30;/h2-13,21H,1H3,(H,26,29,30);1H2. The van der Waals surface area contributed by atoms with Crippen molar-refractivity contribution in [2.24, 2.45) is 4.99 Å². The Morgan fingerprint density at radius 2 is 1.76 bits per heavy atom. The quantitative estimate of drug-likeness (QED) is 0.405. The van der Waals surface area contributed by atoms with E-state index in [4.69, 9.17) is 9.73 Å². The summed E-state index contributed by atoms with van der Waals surface area (Å²) < 4.78 is 8.36. The third-order valence-corrected chi connectivity index (χ3v) is 6.86. The zero-order valence-corrected chi connectivity index (χ0v) is 18.3. The van der Waals surface area contributed by atoms with Crippen LogP contribution in [0.1, 0.15) is 17.2 Å². The Hall–Kier alpha value is -4.01. The number of thiazole rings is 1. The van der Waals surface area contributed by atoms with E-state index in [0.717, 1.165) is 26.3 Å². The molecule has 5 aromatic rings. The first kappa shape index (κ1) is 20.9. The van der Waals surface area contributed by atoms with Crippen molar-refractivity contribution in [3.05, 3.63) is 105 Å². The van der Waals surface area contributed by atoms with Crippen LogP contribution in [0.3, 0.4) is 0 Å².